The van der Waals surface area contributed by atoms with Crippen LogP contribution in [0, 0.1) is 0 Å². The van der Waals surface area contributed by atoms with Crippen LogP contribution in [0.1, 0.15) is 103 Å². The fourth-order valence-corrected chi connectivity index (χ4v) is 11.1. The molecule has 4 atom stereocenters. The van der Waals surface area contributed by atoms with Gasteiger partial charge in [-0.15, -0.1) is 0 Å². The molecule has 4 aromatic rings. The smallest absolute Gasteiger partial charge is 0.305 e. The number of hydrogen-bond donors (Lipinski definition) is 0. The van der Waals surface area contributed by atoms with E-state index in [1.165, 1.54) is 16.7 Å². The Labute approximate surface area is 439 Å². The van der Waals surface area contributed by atoms with E-state index >= 15 is 0 Å². The molecule has 0 amide bonds. The van der Waals surface area contributed by atoms with Crippen molar-refractivity contribution in [2.45, 2.75) is 89.1 Å². The number of fused-ring (bicyclic) bond motifs is 2. The molecule has 0 aromatic heterocycles. The molecule has 16 heteroatoms. The van der Waals surface area contributed by atoms with Crippen LogP contribution in [0.5, 0.6) is 57.5 Å². The van der Waals surface area contributed by atoms with E-state index in [0.29, 0.717) is 95.1 Å². The molecule has 0 radical (unpaired) electrons. The quantitative estimate of drug-likeness (QED) is 0.0289. The minimum atomic E-state index is -0.185. The number of esters is 2. The first kappa shape index (κ1) is 57.0. The third-order valence-electron chi connectivity index (χ3n) is 15.2. The Morgan fingerprint density at radius 1 is 0.446 bits per heavy atom. The highest BCUT2D eigenvalue weighted by Gasteiger charge is 2.43. The van der Waals surface area contributed by atoms with E-state index in [1.54, 1.807) is 71.1 Å². The van der Waals surface area contributed by atoms with Crippen LogP contribution in [0.4, 0.5) is 0 Å². The number of nitrogens with zero attached hydrogens (tertiary/aromatic N) is 2. The van der Waals surface area contributed by atoms with Crippen molar-refractivity contribution in [3.05, 3.63) is 81.9 Å². The van der Waals surface area contributed by atoms with Crippen molar-refractivity contribution < 1.29 is 75.4 Å². The van der Waals surface area contributed by atoms with Gasteiger partial charge in [-0.3, -0.25) is 9.59 Å². The summed E-state index contributed by atoms with van der Waals surface area (Å²) in [5, 5.41) is 0. The summed E-state index contributed by atoms with van der Waals surface area (Å²) >= 11 is 0. The zero-order chi connectivity index (χ0) is 53.4. The van der Waals surface area contributed by atoms with E-state index in [9.17, 15) is 9.59 Å². The Kier molecular flexibility index (Phi) is 20.7. The van der Waals surface area contributed by atoms with E-state index in [1.807, 2.05) is 24.3 Å². The first-order valence-corrected chi connectivity index (χ1v) is 25.9. The van der Waals surface area contributed by atoms with E-state index in [-0.39, 0.29) is 24.0 Å². The van der Waals surface area contributed by atoms with Gasteiger partial charge in [-0.1, -0.05) is 19.3 Å². The Morgan fingerprint density at radius 3 is 1.30 bits per heavy atom. The molecule has 0 saturated carbocycles. The van der Waals surface area contributed by atoms with Crippen LogP contribution < -0.4 is 47.4 Å². The summed E-state index contributed by atoms with van der Waals surface area (Å²) in [6.45, 7) is 4.04. The first-order valence-electron chi connectivity index (χ1n) is 25.9. The van der Waals surface area contributed by atoms with Gasteiger partial charge in [0, 0.05) is 61.6 Å². The second-order valence-corrected chi connectivity index (χ2v) is 19.7. The molecule has 0 unspecified atom stereocenters. The lowest BCUT2D eigenvalue weighted by Crippen LogP contribution is -2.52. The lowest BCUT2D eigenvalue weighted by molar-refractivity contribution is -0.941. The predicted octanol–water partition coefficient (Wildman–Crippen LogP) is 9.45. The fourth-order valence-electron chi connectivity index (χ4n) is 11.1. The van der Waals surface area contributed by atoms with Crippen LogP contribution in [-0.2, 0) is 38.3 Å². The minimum absolute atomic E-state index is 0.0698. The summed E-state index contributed by atoms with van der Waals surface area (Å²) in [5.41, 5.74) is 6.83. The molecule has 0 N–H and O–H groups in total. The Hall–Kier alpha value is -6.26. The van der Waals surface area contributed by atoms with Crippen LogP contribution in [-0.4, -0.2) is 145 Å². The Morgan fingerprint density at radius 2 is 0.838 bits per heavy atom. The lowest BCUT2D eigenvalue weighted by atomic mass is 9.85. The van der Waals surface area contributed by atoms with Gasteiger partial charge >= 0.3 is 11.9 Å². The zero-order valence-corrected chi connectivity index (χ0v) is 46.1. The maximum absolute atomic E-state index is 12.9. The number of ether oxygens (including phenoxy) is 12. The largest absolute Gasteiger partial charge is 0.493 e. The molecular weight excluding hydrogens is 949 g/mol. The number of unbranched alkanes of at least 4 members (excludes halogenated alkanes) is 4. The summed E-state index contributed by atoms with van der Waals surface area (Å²) < 4.78 is 70.1. The van der Waals surface area contributed by atoms with Gasteiger partial charge in [0.2, 0.25) is 11.5 Å². The van der Waals surface area contributed by atoms with Crippen LogP contribution >= 0.6 is 0 Å². The third-order valence-corrected chi connectivity index (χ3v) is 15.2. The van der Waals surface area contributed by atoms with Crippen molar-refractivity contribution in [3.63, 3.8) is 0 Å². The van der Waals surface area contributed by atoms with Gasteiger partial charge < -0.3 is 65.8 Å². The molecule has 2 heterocycles. The van der Waals surface area contributed by atoms with E-state index in [0.717, 1.165) is 104 Å². The molecule has 0 spiro atoms. The zero-order valence-electron chi connectivity index (χ0n) is 46.1. The number of hydrogen-bond acceptors (Lipinski definition) is 14. The molecule has 406 valence electrons. The summed E-state index contributed by atoms with van der Waals surface area (Å²) in [5.74, 6) is 5.89. The van der Waals surface area contributed by atoms with E-state index in [2.05, 4.69) is 38.4 Å². The highest BCUT2D eigenvalue weighted by Crippen LogP contribution is 2.49. The normalized spacial score (nSPS) is 18.8. The number of methoxy groups -OCH3 is 10. The van der Waals surface area contributed by atoms with Gasteiger partial charge in [0.05, 0.1) is 125 Å². The second-order valence-electron chi connectivity index (χ2n) is 19.7. The average Bonchev–Trinajstić information content (AvgIpc) is 3.42. The number of likely N-dealkylation sites (N-methyl/N-ethyl adjacent to an activating group) is 2. The second kappa shape index (κ2) is 26.8. The van der Waals surface area contributed by atoms with Crippen molar-refractivity contribution in [3.8, 4) is 57.5 Å². The fraction of sp³-hybridized carbons (Fsp3) is 0.552. The summed E-state index contributed by atoms with van der Waals surface area (Å²) in [7, 11) is 20.9. The van der Waals surface area contributed by atoms with Gasteiger partial charge in [0.25, 0.3) is 0 Å². The van der Waals surface area contributed by atoms with Crippen LogP contribution in [0.15, 0.2) is 48.5 Å². The standard InChI is InChI=1S/C58H82N2O14/c1-59(26-22-40-33-46(63-3)48(65-5)37-43(40)45(59)30-39-31-50(67-7)57(71-11)51(32-39)68-8)24-18-28-73-54(61)20-16-14-13-15-17-21-55(62)74-29-19-25-60(2)27-23-41-34-47(64-4)49(66-6)38-44(41)56(60)42-35-52(69-9)58(72-12)53(36-42)70-10/h31-38,45,56H,13-30H2,1-12H3/q+2/t45-,56+,59-,60+/m1/s1. The maximum Gasteiger partial charge on any atom is 0.305 e. The molecule has 2 aliphatic rings. The topological polar surface area (TPSA) is 145 Å². The van der Waals surface area contributed by atoms with E-state index in [4.69, 9.17) is 56.8 Å². The molecule has 16 nitrogen and oxygen atoms in total. The summed E-state index contributed by atoms with van der Waals surface area (Å²) in [4.78, 5) is 25.7. The SMILES string of the molecule is COc1cc2c(cc1OC)[C@H](c1cc(OC)c(OC)c(OC)c1)[N@@+](C)(CCCOC(=O)CCCCCCCC(=O)OCCC[N@+]1(C)CCc3cc(OC)c(OC)cc3[C@H]1Cc1cc(OC)c(OC)c(OC)c1)CC2. The Bertz CT molecular complexity index is 2460. The van der Waals surface area contributed by atoms with Gasteiger partial charge in [0.1, 0.15) is 12.1 Å². The number of carbonyl (C=O) groups excluding carboxylic acids is 2. The molecule has 4 aromatic carbocycles. The van der Waals surface area contributed by atoms with Gasteiger partial charge in [-0.05, 0) is 78.1 Å². The monoisotopic (exact) mass is 1030 g/mol. The molecule has 74 heavy (non-hydrogen) atoms. The number of rotatable bonds is 29. The molecule has 0 bridgehead atoms. The van der Waals surface area contributed by atoms with E-state index < -0.39 is 0 Å². The number of carbonyl (C=O) groups is 2. The van der Waals surface area contributed by atoms with Crippen LogP contribution in [0.3, 0.4) is 0 Å². The highest BCUT2D eigenvalue weighted by atomic mass is 16.6. The van der Waals surface area contributed by atoms with Gasteiger partial charge in [0.15, 0.2) is 46.0 Å². The van der Waals surface area contributed by atoms with Crippen LogP contribution in [0.2, 0.25) is 0 Å². The molecular formula is C58H82N2O14+2. The van der Waals surface area contributed by atoms with Gasteiger partial charge in [-0.25, -0.2) is 0 Å². The molecule has 0 saturated heterocycles. The van der Waals surface area contributed by atoms with Crippen molar-refractivity contribution in [1.82, 2.24) is 0 Å². The number of benzene rings is 4. The molecule has 2 aliphatic heterocycles. The van der Waals surface area contributed by atoms with Crippen molar-refractivity contribution in [2.75, 3.05) is 125 Å². The van der Waals surface area contributed by atoms with Crippen molar-refractivity contribution in [2.24, 2.45) is 0 Å². The van der Waals surface area contributed by atoms with Crippen LogP contribution in [0.25, 0.3) is 0 Å². The maximum atomic E-state index is 12.9. The number of quaternary nitrogens is 2. The predicted molar refractivity (Wildman–Crippen MR) is 282 cm³/mol. The first-order chi connectivity index (χ1) is 35.8. The third kappa shape index (κ3) is 13.3. The van der Waals surface area contributed by atoms with Gasteiger partial charge in [-0.2, -0.15) is 0 Å². The molecule has 0 fully saturated rings. The minimum Gasteiger partial charge on any atom is -0.493 e. The molecule has 6 rings (SSSR count). The average molecular weight is 1030 g/mol. The Balaban J connectivity index is 0.934. The summed E-state index contributed by atoms with van der Waals surface area (Å²) in [6, 6.07) is 16.4. The van der Waals surface area contributed by atoms with Crippen molar-refractivity contribution in [1.29, 1.82) is 0 Å². The highest BCUT2D eigenvalue weighted by molar-refractivity contribution is 5.69. The van der Waals surface area contributed by atoms with Crippen molar-refractivity contribution >= 4 is 11.9 Å². The molecule has 0 aliphatic carbocycles. The lowest BCUT2D eigenvalue weighted by Gasteiger charge is -2.46. The summed E-state index contributed by atoms with van der Waals surface area (Å²) in [6.07, 6.45) is 8.78.